The van der Waals surface area contributed by atoms with E-state index in [0.29, 0.717) is 16.8 Å². The number of benzene rings is 4. The largest absolute Gasteiger partial charge is 0.238 e. The number of aromatic nitrogens is 2. The van der Waals surface area contributed by atoms with Crippen molar-refractivity contribution in [3.05, 3.63) is 89.5 Å². The molecule has 0 aliphatic carbocycles. The molecule has 0 aliphatic rings. The Bertz CT molecular complexity index is 1630. The second-order valence-electron chi connectivity index (χ2n) is 8.99. The predicted molar refractivity (Wildman–Crippen MR) is 130 cm³/mol. The van der Waals surface area contributed by atoms with E-state index in [1.54, 1.807) is 6.07 Å². The molecule has 0 bridgehead atoms. The van der Waals surface area contributed by atoms with Gasteiger partial charge in [0.05, 0.1) is 23.3 Å². The maximum absolute atomic E-state index is 9.94. The minimum absolute atomic E-state index is 0.0481. The summed E-state index contributed by atoms with van der Waals surface area (Å²) in [5.41, 5.74) is 4.66. The number of hydrogen-bond acceptors (Lipinski definition) is 3. The molecule has 4 aromatic carbocycles. The highest BCUT2D eigenvalue weighted by Gasteiger charge is 2.20. The van der Waals surface area contributed by atoms with Crippen molar-refractivity contribution in [1.82, 2.24) is 9.97 Å². The van der Waals surface area contributed by atoms with Gasteiger partial charge in [0.2, 0.25) is 0 Å². The normalized spacial score (nSPS) is 11.5. The van der Waals surface area contributed by atoms with E-state index in [1.807, 2.05) is 24.3 Å². The zero-order valence-corrected chi connectivity index (χ0v) is 18.1. The zero-order chi connectivity index (χ0) is 22.5. The Balaban J connectivity index is 1.90. The van der Waals surface area contributed by atoms with Gasteiger partial charge in [-0.25, -0.2) is 14.8 Å². The lowest BCUT2D eigenvalue weighted by atomic mass is 9.82. The predicted octanol–water partition coefficient (Wildman–Crippen LogP) is 7.32. The van der Waals surface area contributed by atoms with Crippen LogP contribution < -0.4 is 0 Å². The molecule has 32 heavy (non-hydrogen) atoms. The summed E-state index contributed by atoms with van der Waals surface area (Å²) in [6.45, 7) is 14.0. The molecule has 0 aliphatic heterocycles. The Kier molecular flexibility index (Phi) is 4.40. The lowest BCUT2D eigenvalue weighted by molar-refractivity contribution is 0.596. The zero-order valence-electron chi connectivity index (χ0n) is 18.1. The molecule has 0 N–H and O–H groups in total. The summed E-state index contributed by atoms with van der Waals surface area (Å²) in [4.78, 5) is 12.7. The van der Waals surface area contributed by atoms with Crippen LogP contribution in [-0.4, -0.2) is 9.97 Å². The fourth-order valence-corrected chi connectivity index (χ4v) is 4.39. The Morgan fingerprint density at radius 1 is 0.875 bits per heavy atom. The number of nitriles is 1. The van der Waals surface area contributed by atoms with Crippen LogP contribution in [0.5, 0.6) is 0 Å². The molecule has 0 amide bonds. The molecule has 0 fully saturated rings. The molecule has 5 rings (SSSR count). The minimum atomic E-state index is -0.0481. The number of rotatable bonds is 1. The molecule has 1 heterocycles. The maximum Gasteiger partial charge on any atom is 0.187 e. The average Bonchev–Trinajstić information content (AvgIpc) is 2.80. The standard InChI is InChI=1S/C28H20N4/c1-28(2,3)25-14-19(11-17-7-5-6-8-22(17)25)26-23-13-18-12-20(30-4)9-10-21(18)24(15-29)27(23)32-16-31-26/h5-14,16H,1-3H3. The highest BCUT2D eigenvalue weighted by Crippen LogP contribution is 2.38. The average molecular weight is 412 g/mol. The van der Waals surface area contributed by atoms with Crippen molar-refractivity contribution in [3.8, 4) is 17.3 Å². The summed E-state index contributed by atoms with van der Waals surface area (Å²) in [7, 11) is 0. The molecule has 4 heteroatoms. The summed E-state index contributed by atoms with van der Waals surface area (Å²) in [6.07, 6.45) is 1.53. The van der Waals surface area contributed by atoms with Gasteiger partial charge < -0.3 is 0 Å². The second kappa shape index (κ2) is 7.15. The van der Waals surface area contributed by atoms with Crippen LogP contribution in [0.15, 0.2) is 67.0 Å². The molecule has 1 aromatic heterocycles. The van der Waals surface area contributed by atoms with Crippen LogP contribution in [0.4, 0.5) is 5.69 Å². The lowest BCUT2D eigenvalue weighted by Crippen LogP contribution is -2.12. The Labute approximate surface area is 186 Å². The van der Waals surface area contributed by atoms with Gasteiger partial charge in [-0.15, -0.1) is 0 Å². The molecule has 4 nitrogen and oxygen atoms in total. The van der Waals surface area contributed by atoms with E-state index < -0.39 is 0 Å². The van der Waals surface area contributed by atoms with Crippen LogP contribution in [0.3, 0.4) is 0 Å². The van der Waals surface area contributed by atoms with Gasteiger partial charge in [0.15, 0.2) is 5.69 Å². The summed E-state index contributed by atoms with van der Waals surface area (Å²) in [6, 6.07) is 22.5. The van der Waals surface area contributed by atoms with Crippen LogP contribution in [0.1, 0.15) is 31.9 Å². The minimum Gasteiger partial charge on any atom is -0.238 e. The number of fused-ring (bicyclic) bond motifs is 3. The van der Waals surface area contributed by atoms with Crippen molar-refractivity contribution in [3.63, 3.8) is 0 Å². The monoisotopic (exact) mass is 412 g/mol. The highest BCUT2D eigenvalue weighted by atomic mass is 14.8. The van der Waals surface area contributed by atoms with Crippen LogP contribution >= 0.6 is 0 Å². The summed E-state index contributed by atoms with van der Waals surface area (Å²) < 4.78 is 0. The van der Waals surface area contributed by atoms with Crippen LogP contribution in [0.2, 0.25) is 0 Å². The van der Waals surface area contributed by atoms with Crippen molar-refractivity contribution in [2.75, 3.05) is 0 Å². The van der Waals surface area contributed by atoms with Gasteiger partial charge in [-0.1, -0.05) is 57.2 Å². The van der Waals surface area contributed by atoms with Crippen molar-refractivity contribution >= 4 is 38.1 Å². The molecular weight excluding hydrogens is 392 g/mol. The molecule has 0 saturated heterocycles. The molecule has 0 saturated carbocycles. The molecule has 0 atom stereocenters. The summed E-state index contributed by atoms with van der Waals surface area (Å²) >= 11 is 0. The first-order chi connectivity index (χ1) is 15.4. The third-order valence-corrected chi connectivity index (χ3v) is 5.91. The highest BCUT2D eigenvalue weighted by molar-refractivity contribution is 6.08. The quantitative estimate of drug-likeness (QED) is 0.214. The topological polar surface area (TPSA) is 53.9 Å². The van der Waals surface area contributed by atoms with E-state index in [0.717, 1.165) is 32.8 Å². The Morgan fingerprint density at radius 2 is 1.69 bits per heavy atom. The van der Waals surface area contributed by atoms with E-state index >= 15 is 0 Å². The van der Waals surface area contributed by atoms with Crippen LogP contribution in [0.25, 0.3) is 48.6 Å². The van der Waals surface area contributed by atoms with Gasteiger partial charge >= 0.3 is 0 Å². The van der Waals surface area contributed by atoms with Crippen LogP contribution in [0, 0.1) is 17.9 Å². The molecule has 152 valence electrons. The molecular formula is C28H20N4. The smallest absolute Gasteiger partial charge is 0.187 e. The third-order valence-electron chi connectivity index (χ3n) is 5.91. The first kappa shape index (κ1) is 19.7. The van der Waals surface area contributed by atoms with Crippen molar-refractivity contribution in [1.29, 1.82) is 5.26 Å². The summed E-state index contributed by atoms with van der Waals surface area (Å²) in [5, 5.41) is 14.8. The van der Waals surface area contributed by atoms with E-state index in [2.05, 4.69) is 72.0 Å². The first-order valence-corrected chi connectivity index (χ1v) is 10.4. The SMILES string of the molecule is [C-]#[N+]c1ccc2c(C#N)c3ncnc(-c4cc(C(C)(C)C)c5ccccc5c4)c3cc2c1. The molecule has 0 unspecified atom stereocenters. The fraction of sp³-hybridized carbons (Fsp3) is 0.143. The third kappa shape index (κ3) is 3.06. The van der Waals surface area contributed by atoms with Gasteiger partial charge in [-0.2, -0.15) is 5.26 Å². The Hall–Kier alpha value is -4.28. The van der Waals surface area contributed by atoms with E-state index in [4.69, 9.17) is 6.57 Å². The van der Waals surface area contributed by atoms with E-state index in [9.17, 15) is 5.26 Å². The van der Waals surface area contributed by atoms with E-state index in [1.165, 1.54) is 17.3 Å². The van der Waals surface area contributed by atoms with Crippen LogP contribution in [-0.2, 0) is 5.41 Å². The first-order valence-electron chi connectivity index (χ1n) is 10.4. The molecule has 0 radical (unpaired) electrons. The lowest BCUT2D eigenvalue weighted by Gasteiger charge is -2.23. The van der Waals surface area contributed by atoms with Gasteiger partial charge in [0, 0.05) is 10.9 Å². The molecule has 5 aromatic rings. The summed E-state index contributed by atoms with van der Waals surface area (Å²) in [5.74, 6) is 0. The van der Waals surface area contributed by atoms with Crippen molar-refractivity contribution in [2.45, 2.75) is 26.2 Å². The molecule has 0 spiro atoms. The van der Waals surface area contributed by atoms with Gasteiger partial charge in [-0.3, -0.25) is 0 Å². The maximum atomic E-state index is 9.94. The van der Waals surface area contributed by atoms with Gasteiger partial charge in [0.25, 0.3) is 0 Å². The van der Waals surface area contributed by atoms with Crippen molar-refractivity contribution in [2.24, 2.45) is 0 Å². The number of nitrogens with zero attached hydrogens (tertiary/aromatic N) is 4. The second-order valence-corrected chi connectivity index (χ2v) is 8.99. The van der Waals surface area contributed by atoms with Gasteiger partial charge in [-0.05, 0) is 56.8 Å². The van der Waals surface area contributed by atoms with Crippen molar-refractivity contribution < 1.29 is 0 Å². The van der Waals surface area contributed by atoms with E-state index in [-0.39, 0.29) is 5.41 Å². The fourth-order valence-electron chi connectivity index (χ4n) is 4.39. The Morgan fingerprint density at radius 3 is 2.44 bits per heavy atom. The van der Waals surface area contributed by atoms with Gasteiger partial charge in [0.1, 0.15) is 12.4 Å². The number of hydrogen-bond donors (Lipinski definition) is 0.